The molecule has 1 amide bonds. The minimum Gasteiger partial charge on any atom is -0.348 e. The molecule has 1 aliphatic carbocycles. The van der Waals surface area contributed by atoms with Crippen molar-refractivity contribution >= 4 is 17.5 Å². The van der Waals surface area contributed by atoms with Gasteiger partial charge in [-0.3, -0.25) is 4.79 Å². The first-order chi connectivity index (χ1) is 8.61. The summed E-state index contributed by atoms with van der Waals surface area (Å²) in [7, 11) is 1.77. The van der Waals surface area contributed by atoms with E-state index in [2.05, 4.69) is 17.6 Å². The molecule has 3 nitrogen and oxygen atoms in total. The lowest BCUT2D eigenvalue weighted by Crippen LogP contribution is -2.36. The molecule has 1 fully saturated rings. The second kappa shape index (κ2) is 5.72. The first-order valence-corrected chi connectivity index (χ1v) is 6.69. The van der Waals surface area contributed by atoms with Crippen LogP contribution in [0.2, 0.25) is 5.02 Å². The smallest absolute Gasteiger partial charge is 0.234 e. The van der Waals surface area contributed by atoms with Gasteiger partial charge in [-0.15, -0.1) is 0 Å². The third-order valence-corrected chi connectivity index (χ3v) is 3.73. The van der Waals surface area contributed by atoms with Gasteiger partial charge in [-0.05, 0) is 43.0 Å². The number of carbonyl (C=O) groups excluding carboxylic acids is 1. The van der Waals surface area contributed by atoms with E-state index in [-0.39, 0.29) is 11.9 Å². The van der Waals surface area contributed by atoms with E-state index >= 15 is 0 Å². The maximum atomic E-state index is 11.7. The van der Waals surface area contributed by atoms with E-state index in [1.807, 2.05) is 24.3 Å². The molecule has 1 aromatic carbocycles. The molecular weight excluding hydrogens is 248 g/mol. The molecule has 0 radical (unpaired) electrons. The zero-order valence-corrected chi connectivity index (χ0v) is 11.5. The zero-order chi connectivity index (χ0) is 13.1. The fourth-order valence-electron chi connectivity index (χ4n) is 2.31. The quantitative estimate of drug-likeness (QED) is 0.859. The lowest BCUT2D eigenvalue weighted by Gasteiger charge is -2.19. The number of halogens is 1. The minimum atomic E-state index is 0.0385. The fraction of sp³-hybridized carbons (Fsp3) is 0.500. The number of rotatable bonds is 5. The van der Waals surface area contributed by atoms with Gasteiger partial charge in [0.2, 0.25) is 5.91 Å². The molecule has 18 heavy (non-hydrogen) atoms. The summed E-state index contributed by atoms with van der Waals surface area (Å²) in [4.78, 5) is 11.7. The summed E-state index contributed by atoms with van der Waals surface area (Å²) in [5.41, 5.74) is 1.14. The van der Waals surface area contributed by atoms with Crippen LogP contribution in [0.1, 0.15) is 24.9 Å². The molecule has 0 heterocycles. The standard InChI is InChI=1S/C14H19ClN2O/c1-9-7-12(9)14(17-13(18)8-16-2)10-3-5-11(15)6-4-10/h3-6,9,12,14,16H,7-8H2,1-2H3,(H,17,18). The number of amides is 1. The summed E-state index contributed by atoms with van der Waals surface area (Å²) in [5.74, 6) is 1.27. The molecular formula is C14H19ClN2O. The molecule has 1 aliphatic rings. The normalized spacial score (nSPS) is 23.5. The van der Waals surface area contributed by atoms with Crippen molar-refractivity contribution in [3.63, 3.8) is 0 Å². The van der Waals surface area contributed by atoms with Gasteiger partial charge in [0.15, 0.2) is 0 Å². The Hall–Kier alpha value is -1.06. The van der Waals surface area contributed by atoms with Gasteiger partial charge in [0, 0.05) is 5.02 Å². The SMILES string of the molecule is CNCC(=O)NC(c1ccc(Cl)cc1)C1CC1C. The van der Waals surface area contributed by atoms with Gasteiger partial charge in [-0.1, -0.05) is 30.7 Å². The molecule has 0 aliphatic heterocycles. The fourth-order valence-corrected chi connectivity index (χ4v) is 2.43. The number of nitrogens with one attached hydrogen (secondary N) is 2. The van der Waals surface area contributed by atoms with E-state index in [1.165, 1.54) is 6.42 Å². The molecule has 0 spiro atoms. The van der Waals surface area contributed by atoms with Crippen molar-refractivity contribution in [1.82, 2.24) is 10.6 Å². The van der Waals surface area contributed by atoms with Gasteiger partial charge in [0.25, 0.3) is 0 Å². The Balaban J connectivity index is 2.10. The minimum absolute atomic E-state index is 0.0385. The van der Waals surface area contributed by atoms with Crippen LogP contribution in [-0.2, 0) is 4.79 Å². The highest BCUT2D eigenvalue weighted by molar-refractivity contribution is 6.30. The van der Waals surface area contributed by atoms with Crippen LogP contribution in [-0.4, -0.2) is 19.5 Å². The van der Waals surface area contributed by atoms with Crippen LogP contribution in [0.5, 0.6) is 0 Å². The Morgan fingerprint density at radius 2 is 2.06 bits per heavy atom. The average Bonchev–Trinajstić information content (AvgIpc) is 3.05. The Labute approximate surface area is 113 Å². The van der Waals surface area contributed by atoms with E-state index in [1.54, 1.807) is 7.05 Å². The maximum Gasteiger partial charge on any atom is 0.234 e. The van der Waals surface area contributed by atoms with Crippen molar-refractivity contribution in [1.29, 1.82) is 0 Å². The lowest BCUT2D eigenvalue weighted by molar-refractivity contribution is -0.121. The summed E-state index contributed by atoms with van der Waals surface area (Å²) in [6, 6.07) is 7.86. The van der Waals surface area contributed by atoms with Crippen molar-refractivity contribution in [3.05, 3.63) is 34.9 Å². The van der Waals surface area contributed by atoms with Gasteiger partial charge < -0.3 is 10.6 Å². The highest BCUT2D eigenvalue weighted by Gasteiger charge is 2.40. The summed E-state index contributed by atoms with van der Waals surface area (Å²) < 4.78 is 0. The molecule has 98 valence electrons. The number of benzene rings is 1. The number of carbonyl (C=O) groups is 1. The van der Waals surface area contributed by atoms with Crippen molar-refractivity contribution in [2.24, 2.45) is 11.8 Å². The molecule has 0 aromatic heterocycles. The molecule has 0 saturated heterocycles. The largest absolute Gasteiger partial charge is 0.348 e. The highest BCUT2D eigenvalue weighted by atomic mass is 35.5. The molecule has 4 heteroatoms. The lowest BCUT2D eigenvalue weighted by atomic mass is 10.0. The van der Waals surface area contributed by atoms with Crippen LogP contribution in [0.25, 0.3) is 0 Å². The monoisotopic (exact) mass is 266 g/mol. The number of likely N-dealkylation sites (N-methyl/N-ethyl adjacent to an activating group) is 1. The van der Waals surface area contributed by atoms with Crippen molar-refractivity contribution in [2.75, 3.05) is 13.6 Å². The zero-order valence-electron chi connectivity index (χ0n) is 10.7. The van der Waals surface area contributed by atoms with Crippen molar-refractivity contribution in [3.8, 4) is 0 Å². The van der Waals surface area contributed by atoms with E-state index in [0.717, 1.165) is 10.6 Å². The molecule has 1 saturated carbocycles. The molecule has 3 atom stereocenters. The third kappa shape index (κ3) is 3.24. The van der Waals surface area contributed by atoms with Gasteiger partial charge >= 0.3 is 0 Å². The van der Waals surface area contributed by atoms with E-state index < -0.39 is 0 Å². The summed E-state index contributed by atoms with van der Waals surface area (Å²) >= 11 is 5.90. The second-order valence-electron chi connectivity index (χ2n) is 5.00. The predicted octanol–water partition coefficient (Wildman–Crippen LogP) is 2.37. The maximum absolute atomic E-state index is 11.7. The Morgan fingerprint density at radius 1 is 1.44 bits per heavy atom. The molecule has 2 rings (SSSR count). The first kappa shape index (κ1) is 13.4. The second-order valence-corrected chi connectivity index (χ2v) is 5.44. The number of hydrogen-bond donors (Lipinski definition) is 2. The first-order valence-electron chi connectivity index (χ1n) is 6.31. The number of hydrogen-bond acceptors (Lipinski definition) is 2. The van der Waals surface area contributed by atoms with Crippen molar-refractivity contribution < 1.29 is 4.79 Å². The summed E-state index contributed by atoms with van der Waals surface area (Å²) in [6.07, 6.45) is 1.17. The highest BCUT2D eigenvalue weighted by Crippen LogP contribution is 2.47. The molecule has 1 aromatic rings. The van der Waals surface area contributed by atoms with Crippen LogP contribution < -0.4 is 10.6 Å². The van der Waals surface area contributed by atoms with Gasteiger partial charge in [0.05, 0.1) is 12.6 Å². The predicted molar refractivity (Wildman–Crippen MR) is 73.5 cm³/mol. The van der Waals surface area contributed by atoms with Crippen LogP contribution in [0, 0.1) is 11.8 Å². The third-order valence-electron chi connectivity index (χ3n) is 3.48. The Bertz CT molecular complexity index is 418. The van der Waals surface area contributed by atoms with Gasteiger partial charge in [-0.2, -0.15) is 0 Å². The molecule has 2 N–H and O–H groups in total. The van der Waals surface area contributed by atoms with E-state index in [4.69, 9.17) is 11.6 Å². The molecule has 3 unspecified atom stereocenters. The van der Waals surface area contributed by atoms with Gasteiger partial charge in [0.1, 0.15) is 0 Å². The van der Waals surface area contributed by atoms with Crippen LogP contribution in [0.4, 0.5) is 0 Å². The summed E-state index contributed by atoms with van der Waals surface area (Å²) in [5, 5.41) is 6.70. The molecule has 0 bridgehead atoms. The topological polar surface area (TPSA) is 41.1 Å². The van der Waals surface area contributed by atoms with Crippen LogP contribution in [0.15, 0.2) is 24.3 Å². The van der Waals surface area contributed by atoms with Gasteiger partial charge in [-0.25, -0.2) is 0 Å². The van der Waals surface area contributed by atoms with Crippen LogP contribution in [0.3, 0.4) is 0 Å². The van der Waals surface area contributed by atoms with E-state index in [0.29, 0.717) is 18.4 Å². The van der Waals surface area contributed by atoms with Crippen LogP contribution >= 0.6 is 11.6 Å². The Morgan fingerprint density at radius 3 is 2.56 bits per heavy atom. The summed E-state index contributed by atoms with van der Waals surface area (Å²) in [6.45, 7) is 2.57. The van der Waals surface area contributed by atoms with Crippen molar-refractivity contribution in [2.45, 2.75) is 19.4 Å². The average molecular weight is 267 g/mol. The Kier molecular flexibility index (Phi) is 4.25. The van der Waals surface area contributed by atoms with E-state index in [9.17, 15) is 4.79 Å².